The Morgan fingerprint density at radius 3 is 2.78 bits per heavy atom. The average molecular weight is 287 g/mol. The zero-order chi connectivity index (χ0) is 13.0. The lowest BCUT2D eigenvalue weighted by Crippen LogP contribution is -2.12. The molecule has 0 spiro atoms. The maximum absolute atomic E-state index is 11.1. The minimum absolute atomic E-state index is 0.105. The molecule has 0 aromatic carbocycles. The third kappa shape index (κ3) is 2.96. The summed E-state index contributed by atoms with van der Waals surface area (Å²) >= 11 is 10.9. The van der Waals surface area contributed by atoms with Gasteiger partial charge in [-0.25, -0.2) is 0 Å². The molecule has 6 nitrogen and oxygen atoms in total. The van der Waals surface area contributed by atoms with Crippen LogP contribution in [0.1, 0.15) is 5.89 Å². The molecule has 1 amide bonds. The van der Waals surface area contributed by atoms with E-state index in [1.54, 1.807) is 12.1 Å². The zero-order valence-corrected chi connectivity index (χ0v) is 10.6. The Morgan fingerprint density at radius 1 is 1.39 bits per heavy atom. The van der Waals surface area contributed by atoms with Gasteiger partial charge in [-0.15, -0.1) is 23.2 Å². The molecule has 1 N–H and O–H groups in total. The maximum Gasteiger partial charge on any atom is 0.241 e. The van der Waals surface area contributed by atoms with Crippen molar-refractivity contribution >= 4 is 34.8 Å². The Bertz CT molecular complexity index is 541. The summed E-state index contributed by atoms with van der Waals surface area (Å²) in [4.78, 5) is 19.2. The summed E-state index contributed by atoms with van der Waals surface area (Å²) in [6, 6.07) is 3.33. The number of nitrogens with one attached hydrogen (secondary N) is 1. The quantitative estimate of drug-likeness (QED) is 0.870. The second-order valence-corrected chi connectivity index (χ2v) is 3.79. The molecule has 0 fully saturated rings. The van der Waals surface area contributed by atoms with Crippen molar-refractivity contribution < 1.29 is 9.32 Å². The van der Waals surface area contributed by atoms with Crippen molar-refractivity contribution in [1.82, 2.24) is 15.1 Å². The molecule has 0 saturated heterocycles. The fourth-order valence-corrected chi connectivity index (χ4v) is 1.38. The standard InChI is InChI=1S/C10H8Cl2N4O2/c11-3-8(17)14-6-1-2-7(13-5-6)10-15-9(4-12)18-16-10/h1-2,5H,3-4H2,(H,14,17). The molecule has 0 saturated carbocycles. The number of hydrogen-bond acceptors (Lipinski definition) is 5. The fourth-order valence-electron chi connectivity index (χ4n) is 1.21. The first-order valence-electron chi connectivity index (χ1n) is 4.93. The van der Waals surface area contributed by atoms with Crippen molar-refractivity contribution in [2.45, 2.75) is 5.88 Å². The van der Waals surface area contributed by atoms with Gasteiger partial charge in [0.1, 0.15) is 17.5 Å². The van der Waals surface area contributed by atoms with Crippen LogP contribution in [0.4, 0.5) is 5.69 Å². The highest BCUT2D eigenvalue weighted by Gasteiger charge is 2.09. The normalized spacial score (nSPS) is 10.3. The summed E-state index contributed by atoms with van der Waals surface area (Å²) in [5.74, 6) is 0.423. The Labute approximate surface area is 112 Å². The number of rotatable bonds is 4. The first kappa shape index (κ1) is 12.8. The van der Waals surface area contributed by atoms with E-state index in [1.165, 1.54) is 6.20 Å². The van der Waals surface area contributed by atoms with Crippen LogP contribution < -0.4 is 5.32 Å². The highest BCUT2D eigenvalue weighted by atomic mass is 35.5. The third-order valence-corrected chi connectivity index (χ3v) is 2.45. The number of carbonyl (C=O) groups is 1. The molecule has 8 heteroatoms. The Hall–Kier alpha value is -1.66. The second-order valence-electron chi connectivity index (χ2n) is 3.26. The van der Waals surface area contributed by atoms with Crippen LogP contribution in [-0.2, 0) is 10.7 Å². The second kappa shape index (κ2) is 5.79. The number of carbonyl (C=O) groups excluding carboxylic acids is 1. The molecular formula is C10H8Cl2N4O2. The van der Waals surface area contributed by atoms with Gasteiger partial charge >= 0.3 is 0 Å². The van der Waals surface area contributed by atoms with Gasteiger partial charge in [0.25, 0.3) is 0 Å². The lowest BCUT2D eigenvalue weighted by atomic mass is 10.3. The van der Waals surface area contributed by atoms with E-state index in [-0.39, 0.29) is 17.7 Å². The van der Waals surface area contributed by atoms with E-state index >= 15 is 0 Å². The van der Waals surface area contributed by atoms with Crippen molar-refractivity contribution in [3.05, 3.63) is 24.2 Å². The molecule has 94 valence electrons. The van der Waals surface area contributed by atoms with Gasteiger partial charge in [0.2, 0.25) is 17.6 Å². The largest absolute Gasteiger partial charge is 0.338 e. The molecule has 0 aliphatic carbocycles. The lowest BCUT2D eigenvalue weighted by molar-refractivity contribution is -0.113. The van der Waals surface area contributed by atoms with Crippen molar-refractivity contribution in [1.29, 1.82) is 0 Å². The van der Waals surface area contributed by atoms with Crippen LogP contribution in [0, 0.1) is 0 Å². The smallest absolute Gasteiger partial charge is 0.241 e. The van der Waals surface area contributed by atoms with Gasteiger partial charge in [0, 0.05) is 0 Å². The fraction of sp³-hybridized carbons (Fsp3) is 0.200. The predicted octanol–water partition coefficient (Wildman–Crippen LogP) is 2.05. The van der Waals surface area contributed by atoms with E-state index in [9.17, 15) is 4.79 Å². The summed E-state index contributed by atoms with van der Waals surface area (Å²) in [6.07, 6.45) is 1.48. The van der Waals surface area contributed by atoms with Gasteiger partial charge < -0.3 is 9.84 Å². The van der Waals surface area contributed by atoms with Crippen LogP contribution in [0.5, 0.6) is 0 Å². The minimum Gasteiger partial charge on any atom is -0.338 e. The van der Waals surface area contributed by atoms with Gasteiger partial charge in [-0.05, 0) is 12.1 Å². The number of hydrogen-bond donors (Lipinski definition) is 1. The Balaban J connectivity index is 2.14. The molecule has 0 aliphatic rings. The number of amides is 1. The predicted molar refractivity (Wildman–Crippen MR) is 66.4 cm³/mol. The summed E-state index contributed by atoms with van der Waals surface area (Å²) in [7, 11) is 0. The van der Waals surface area contributed by atoms with E-state index in [1.807, 2.05) is 0 Å². The van der Waals surface area contributed by atoms with Gasteiger partial charge in [0.05, 0.1) is 11.9 Å². The molecule has 18 heavy (non-hydrogen) atoms. The van der Waals surface area contributed by atoms with E-state index in [0.29, 0.717) is 23.1 Å². The van der Waals surface area contributed by atoms with E-state index < -0.39 is 0 Å². The van der Waals surface area contributed by atoms with Gasteiger partial charge in [0.15, 0.2) is 0 Å². The first-order chi connectivity index (χ1) is 8.72. The molecule has 0 unspecified atom stereocenters. The minimum atomic E-state index is -0.296. The summed E-state index contributed by atoms with van der Waals surface area (Å²) in [5, 5.41) is 6.29. The highest BCUT2D eigenvalue weighted by Crippen LogP contribution is 2.16. The number of halogens is 2. The molecule has 0 atom stereocenters. The van der Waals surface area contributed by atoms with E-state index in [2.05, 4.69) is 20.4 Å². The first-order valence-corrected chi connectivity index (χ1v) is 6.00. The third-order valence-electron chi connectivity index (χ3n) is 1.98. The number of anilines is 1. The number of pyridine rings is 1. The number of aromatic nitrogens is 3. The highest BCUT2D eigenvalue weighted by molar-refractivity contribution is 6.29. The van der Waals surface area contributed by atoms with Crippen LogP contribution >= 0.6 is 23.2 Å². The van der Waals surface area contributed by atoms with Crippen LogP contribution in [0.2, 0.25) is 0 Å². The monoisotopic (exact) mass is 286 g/mol. The number of alkyl halides is 2. The molecule has 2 rings (SSSR count). The average Bonchev–Trinajstić information content (AvgIpc) is 2.88. The Morgan fingerprint density at radius 2 is 2.22 bits per heavy atom. The zero-order valence-electron chi connectivity index (χ0n) is 9.06. The van der Waals surface area contributed by atoms with Crippen LogP contribution in [0.25, 0.3) is 11.5 Å². The van der Waals surface area contributed by atoms with Crippen LogP contribution in [0.15, 0.2) is 22.9 Å². The van der Waals surface area contributed by atoms with E-state index in [4.69, 9.17) is 27.7 Å². The Kier molecular flexibility index (Phi) is 4.11. The molecule has 2 aromatic heterocycles. The molecule has 0 aliphatic heterocycles. The summed E-state index contributed by atoms with van der Waals surface area (Å²) in [5.41, 5.74) is 1.07. The molecule has 0 radical (unpaired) electrons. The topological polar surface area (TPSA) is 80.9 Å². The summed E-state index contributed by atoms with van der Waals surface area (Å²) in [6.45, 7) is 0. The van der Waals surface area contributed by atoms with Crippen molar-refractivity contribution in [3.63, 3.8) is 0 Å². The van der Waals surface area contributed by atoms with Gasteiger partial charge in [-0.3, -0.25) is 9.78 Å². The van der Waals surface area contributed by atoms with Crippen LogP contribution in [0.3, 0.4) is 0 Å². The van der Waals surface area contributed by atoms with Crippen molar-refractivity contribution in [2.24, 2.45) is 0 Å². The SMILES string of the molecule is O=C(CCl)Nc1ccc(-c2noc(CCl)n2)nc1. The van der Waals surface area contributed by atoms with Crippen LogP contribution in [-0.4, -0.2) is 26.9 Å². The van der Waals surface area contributed by atoms with Crippen molar-refractivity contribution in [3.8, 4) is 11.5 Å². The van der Waals surface area contributed by atoms with Gasteiger partial charge in [-0.1, -0.05) is 5.16 Å². The summed E-state index contributed by atoms with van der Waals surface area (Å²) < 4.78 is 4.86. The molecule has 2 aromatic rings. The number of nitrogens with zero attached hydrogens (tertiary/aromatic N) is 3. The lowest BCUT2D eigenvalue weighted by Gasteiger charge is -2.02. The maximum atomic E-state index is 11.1. The van der Waals surface area contributed by atoms with E-state index in [0.717, 1.165) is 0 Å². The molecular weight excluding hydrogens is 279 g/mol. The molecule has 0 bridgehead atoms. The molecule has 2 heterocycles. The van der Waals surface area contributed by atoms with Crippen molar-refractivity contribution in [2.75, 3.05) is 11.2 Å². The van der Waals surface area contributed by atoms with Gasteiger partial charge in [-0.2, -0.15) is 4.98 Å².